The van der Waals surface area contributed by atoms with Crippen LogP contribution in [0.25, 0.3) is 11.3 Å². The van der Waals surface area contributed by atoms with Crippen molar-refractivity contribution in [3.05, 3.63) is 34.9 Å². The van der Waals surface area contributed by atoms with Crippen LogP contribution in [0.4, 0.5) is 5.82 Å². The maximum absolute atomic E-state index is 12.8. The number of hydrogen-bond acceptors (Lipinski definition) is 3. The topological polar surface area (TPSA) is 64.1 Å². The van der Waals surface area contributed by atoms with E-state index in [9.17, 15) is 4.79 Å². The van der Waals surface area contributed by atoms with Crippen molar-refractivity contribution in [2.45, 2.75) is 39.3 Å². The number of carbonyl (C=O) groups excluding carboxylic acids is 1. The van der Waals surface area contributed by atoms with E-state index in [0.29, 0.717) is 24.3 Å². The number of aromatic nitrogens is 2. The molecule has 1 amide bonds. The maximum atomic E-state index is 12.8. The van der Waals surface area contributed by atoms with Crippen molar-refractivity contribution in [3.8, 4) is 11.3 Å². The van der Waals surface area contributed by atoms with Crippen LogP contribution in [0.15, 0.2) is 18.2 Å². The Kier molecular flexibility index (Phi) is 3.01. The average Bonchev–Trinajstić information content (AvgIpc) is 3.21. The summed E-state index contributed by atoms with van der Waals surface area (Å²) in [6.07, 6.45) is 2.50. The fourth-order valence-electron chi connectivity index (χ4n) is 3.76. The second kappa shape index (κ2) is 4.85. The minimum absolute atomic E-state index is 0.188. The molecule has 1 fully saturated rings. The molecule has 1 aliphatic carbocycles. The summed E-state index contributed by atoms with van der Waals surface area (Å²) < 4.78 is 1.79. The van der Waals surface area contributed by atoms with E-state index in [2.05, 4.69) is 24.2 Å². The smallest absolute Gasteiger partial charge is 0.255 e. The highest BCUT2D eigenvalue weighted by Crippen LogP contribution is 2.39. The number of rotatable bonds is 3. The Hall–Kier alpha value is -2.30. The van der Waals surface area contributed by atoms with Gasteiger partial charge in [0.15, 0.2) is 0 Å². The number of aryl methyl sites for hydroxylation is 2. The number of benzene rings is 1. The summed E-state index contributed by atoms with van der Waals surface area (Å²) in [5.41, 5.74) is 10.9. The Bertz CT molecular complexity index is 804. The summed E-state index contributed by atoms with van der Waals surface area (Å²) in [6, 6.07) is 6.40. The van der Waals surface area contributed by atoms with Crippen molar-refractivity contribution in [1.29, 1.82) is 0 Å². The third kappa shape index (κ3) is 2.22. The predicted octanol–water partition coefficient (Wildman–Crippen LogP) is 2.73. The second-order valence-electron chi connectivity index (χ2n) is 6.92. The number of nitrogen functional groups attached to an aromatic ring is 1. The molecule has 0 saturated heterocycles. The Balaban J connectivity index is 1.74. The Labute approximate surface area is 136 Å². The van der Waals surface area contributed by atoms with Gasteiger partial charge in [0.25, 0.3) is 5.91 Å². The van der Waals surface area contributed by atoms with Crippen LogP contribution in [-0.2, 0) is 13.6 Å². The second-order valence-corrected chi connectivity index (χ2v) is 6.92. The zero-order chi connectivity index (χ0) is 16.3. The first-order chi connectivity index (χ1) is 11.0. The lowest BCUT2D eigenvalue weighted by molar-refractivity contribution is 0.0697. The highest BCUT2D eigenvalue weighted by atomic mass is 16.2. The van der Waals surface area contributed by atoms with E-state index in [1.807, 2.05) is 24.9 Å². The first-order valence-electron chi connectivity index (χ1n) is 8.20. The molecule has 0 radical (unpaired) electrons. The number of nitrogens with zero attached hydrogens (tertiary/aromatic N) is 3. The number of hydrogen-bond donors (Lipinski definition) is 1. The van der Waals surface area contributed by atoms with E-state index in [1.54, 1.807) is 4.68 Å². The van der Waals surface area contributed by atoms with Crippen molar-refractivity contribution < 1.29 is 4.79 Å². The van der Waals surface area contributed by atoms with Crippen LogP contribution >= 0.6 is 0 Å². The maximum Gasteiger partial charge on any atom is 0.255 e. The van der Waals surface area contributed by atoms with E-state index in [-0.39, 0.29) is 5.91 Å². The minimum Gasteiger partial charge on any atom is -0.382 e. The SMILES string of the molecule is Cc1cc(-c2cc(N)nn2C)cc2c1C(=O)N(C(C)C1CC1)C2. The number of fused-ring (bicyclic) bond motifs is 1. The molecule has 5 heteroatoms. The van der Waals surface area contributed by atoms with Gasteiger partial charge in [0.1, 0.15) is 5.82 Å². The lowest BCUT2D eigenvalue weighted by Crippen LogP contribution is -2.34. The van der Waals surface area contributed by atoms with Crippen LogP contribution in [0.3, 0.4) is 0 Å². The summed E-state index contributed by atoms with van der Waals surface area (Å²) in [5, 5.41) is 4.22. The molecular weight excluding hydrogens is 288 g/mol. The first kappa shape index (κ1) is 14.3. The van der Waals surface area contributed by atoms with E-state index < -0.39 is 0 Å². The molecule has 2 N–H and O–H groups in total. The standard InChI is InChI=1S/C18H22N4O/c1-10-6-13(15-8-16(19)20-21(15)3)7-14-9-22(18(23)17(10)14)11(2)12-4-5-12/h6-8,11-12H,4-5,9H2,1-3H3,(H2,19,20). The molecule has 1 aromatic carbocycles. The van der Waals surface area contributed by atoms with E-state index >= 15 is 0 Å². The molecule has 120 valence electrons. The summed E-state index contributed by atoms with van der Waals surface area (Å²) in [4.78, 5) is 14.8. The van der Waals surface area contributed by atoms with E-state index in [0.717, 1.165) is 27.9 Å². The molecule has 1 unspecified atom stereocenters. The number of amides is 1. The van der Waals surface area contributed by atoms with Crippen molar-refractivity contribution in [2.75, 3.05) is 5.73 Å². The van der Waals surface area contributed by atoms with Crippen molar-refractivity contribution in [3.63, 3.8) is 0 Å². The van der Waals surface area contributed by atoms with Gasteiger partial charge >= 0.3 is 0 Å². The zero-order valence-electron chi connectivity index (χ0n) is 13.8. The fourth-order valence-corrected chi connectivity index (χ4v) is 3.76. The van der Waals surface area contributed by atoms with Crippen LogP contribution in [0.1, 0.15) is 41.3 Å². The average molecular weight is 310 g/mol. The van der Waals surface area contributed by atoms with E-state index in [1.165, 1.54) is 12.8 Å². The molecule has 2 heterocycles. The largest absolute Gasteiger partial charge is 0.382 e. The van der Waals surface area contributed by atoms with Crippen LogP contribution < -0.4 is 5.73 Å². The van der Waals surface area contributed by atoms with Crippen molar-refractivity contribution in [2.24, 2.45) is 13.0 Å². The quantitative estimate of drug-likeness (QED) is 0.948. The van der Waals surface area contributed by atoms with Gasteiger partial charge in [-0.1, -0.05) is 0 Å². The van der Waals surface area contributed by atoms with Crippen molar-refractivity contribution >= 4 is 11.7 Å². The van der Waals surface area contributed by atoms with Crippen LogP contribution in [0.2, 0.25) is 0 Å². The molecule has 0 bridgehead atoms. The van der Waals surface area contributed by atoms with Gasteiger partial charge in [0.2, 0.25) is 0 Å². The summed E-state index contributed by atoms with van der Waals surface area (Å²) in [6.45, 7) is 4.92. The monoisotopic (exact) mass is 310 g/mol. The fraction of sp³-hybridized carbons (Fsp3) is 0.444. The molecule has 4 rings (SSSR count). The zero-order valence-corrected chi connectivity index (χ0v) is 13.8. The normalized spacial score (nSPS) is 18.4. The summed E-state index contributed by atoms with van der Waals surface area (Å²) in [7, 11) is 1.89. The molecule has 0 spiro atoms. The summed E-state index contributed by atoms with van der Waals surface area (Å²) >= 11 is 0. The van der Waals surface area contributed by atoms with Crippen LogP contribution in [0, 0.1) is 12.8 Å². The molecule has 1 saturated carbocycles. The number of nitrogens with two attached hydrogens (primary N) is 1. The van der Waals surface area contributed by atoms with Gasteiger partial charge in [-0.05, 0) is 55.9 Å². The van der Waals surface area contributed by atoms with Crippen LogP contribution in [-0.4, -0.2) is 26.6 Å². The summed E-state index contributed by atoms with van der Waals surface area (Å²) in [5.74, 6) is 1.39. The number of anilines is 1. The van der Waals surface area contributed by atoms with Crippen LogP contribution in [0.5, 0.6) is 0 Å². The molecule has 2 aliphatic rings. The molecule has 23 heavy (non-hydrogen) atoms. The van der Waals surface area contributed by atoms with Gasteiger partial charge < -0.3 is 10.6 Å². The Morgan fingerprint density at radius 1 is 1.30 bits per heavy atom. The minimum atomic E-state index is 0.188. The number of carbonyl (C=O) groups is 1. The molecule has 1 aliphatic heterocycles. The third-order valence-corrected chi connectivity index (χ3v) is 5.22. The lowest BCUT2D eigenvalue weighted by atomic mass is 9.99. The Morgan fingerprint density at radius 3 is 2.65 bits per heavy atom. The molecule has 1 atom stereocenters. The predicted molar refractivity (Wildman–Crippen MR) is 89.9 cm³/mol. The lowest BCUT2D eigenvalue weighted by Gasteiger charge is -2.24. The van der Waals surface area contributed by atoms with Gasteiger partial charge in [-0.3, -0.25) is 9.48 Å². The Morgan fingerprint density at radius 2 is 2.04 bits per heavy atom. The highest BCUT2D eigenvalue weighted by molar-refractivity contribution is 6.00. The van der Waals surface area contributed by atoms with Gasteiger partial charge in [-0.15, -0.1) is 0 Å². The van der Waals surface area contributed by atoms with Crippen molar-refractivity contribution in [1.82, 2.24) is 14.7 Å². The van der Waals surface area contributed by atoms with Gasteiger partial charge in [-0.25, -0.2) is 0 Å². The van der Waals surface area contributed by atoms with Gasteiger partial charge in [0, 0.05) is 36.8 Å². The molecular formula is C18H22N4O. The first-order valence-corrected chi connectivity index (χ1v) is 8.20. The highest BCUT2D eigenvalue weighted by Gasteiger charge is 2.39. The van der Waals surface area contributed by atoms with Gasteiger partial charge in [0.05, 0.1) is 5.69 Å². The molecule has 2 aromatic rings. The van der Waals surface area contributed by atoms with E-state index in [4.69, 9.17) is 5.73 Å². The third-order valence-electron chi connectivity index (χ3n) is 5.22. The molecule has 5 nitrogen and oxygen atoms in total. The molecule has 1 aromatic heterocycles. The van der Waals surface area contributed by atoms with Gasteiger partial charge in [-0.2, -0.15) is 5.10 Å².